The van der Waals surface area contributed by atoms with Crippen molar-refractivity contribution in [1.29, 1.82) is 0 Å². The third kappa shape index (κ3) is 4.45. The van der Waals surface area contributed by atoms with Gasteiger partial charge in [0.2, 0.25) is 6.10 Å². The van der Waals surface area contributed by atoms with E-state index in [1.54, 1.807) is 29.2 Å². The highest BCUT2D eigenvalue weighted by atomic mass is 19.1. The van der Waals surface area contributed by atoms with Gasteiger partial charge in [-0.2, -0.15) is 0 Å². The monoisotopic (exact) mass is 371 g/mol. The summed E-state index contributed by atoms with van der Waals surface area (Å²) in [5, 5.41) is 0. The molecule has 0 radical (unpaired) electrons. The first-order valence-corrected chi connectivity index (χ1v) is 8.98. The Hall–Kier alpha value is -2.89. The average Bonchev–Trinajstić information content (AvgIpc) is 2.72. The molecule has 0 aliphatic carbocycles. The van der Waals surface area contributed by atoms with Gasteiger partial charge in [-0.15, -0.1) is 0 Å². The van der Waals surface area contributed by atoms with Gasteiger partial charge < -0.3 is 14.4 Å². The number of likely N-dealkylation sites (tertiary alicyclic amines) is 1. The summed E-state index contributed by atoms with van der Waals surface area (Å²) in [6.07, 6.45) is 1.91. The van der Waals surface area contributed by atoms with Gasteiger partial charge in [0.15, 0.2) is 11.6 Å². The summed E-state index contributed by atoms with van der Waals surface area (Å²) in [6.45, 7) is 1.30. The Morgan fingerprint density at radius 1 is 1.04 bits per heavy atom. The Bertz CT molecular complexity index is 803. The summed E-state index contributed by atoms with van der Waals surface area (Å²) >= 11 is 0. The zero-order valence-electron chi connectivity index (χ0n) is 15.2. The molecule has 6 heteroatoms. The fraction of sp³-hybridized carbons (Fsp3) is 0.333. The lowest BCUT2D eigenvalue weighted by Gasteiger charge is -2.30. The van der Waals surface area contributed by atoms with E-state index in [1.807, 2.05) is 6.07 Å². The fourth-order valence-electron chi connectivity index (χ4n) is 3.14. The fourth-order valence-corrected chi connectivity index (χ4v) is 3.14. The second kappa shape index (κ2) is 8.66. The van der Waals surface area contributed by atoms with Gasteiger partial charge in [-0.3, -0.25) is 4.79 Å². The van der Waals surface area contributed by atoms with E-state index in [1.165, 1.54) is 19.2 Å². The predicted molar refractivity (Wildman–Crippen MR) is 98.0 cm³/mol. The molecule has 3 rings (SSSR count). The van der Waals surface area contributed by atoms with Crippen LogP contribution in [0.2, 0.25) is 0 Å². The molecule has 1 fully saturated rings. The van der Waals surface area contributed by atoms with E-state index >= 15 is 0 Å². The van der Waals surface area contributed by atoms with Crippen molar-refractivity contribution in [3.05, 3.63) is 65.5 Å². The first-order chi connectivity index (χ1) is 13.1. The lowest BCUT2D eigenvalue weighted by atomic mass is 10.1. The van der Waals surface area contributed by atoms with Crippen molar-refractivity contribution >= 4 is 11.9 Å². The molecule has 5 nitrogen and oxygen atoms in total. The van der Waals surface area contributed by atoms with Crippen molar-refractivity contribution in [2.45, 2.75) is 25.4 Å². The van der Waals surface area contributed by atoms with E-state index in [9.17, 15) is 14.0 Å². The van der Waals surface area contributed by atoms with E-state index in [0.29, 0.717) is 18.7 Å². The van der Waals surface area contributed by atoms with E-state index < -0.39 is 17.9 Å². The second-order valence-electron chi connectivity index (χ2n) is 6.43. The number of methoxy groups -OCH3 is 1. The van der Waals surface area contributed by atoms with E-state index in [0.717, 1.165) is 25.3 Å². The number of ether oxygens (including phenoxy) is 2. The highest BCUT2D eigenvalue weighted by Crippen LogP contribution is 2.25. The van der Waals surface area contributed by atoms with Crippen LogP contribution in [0.3, 0.4) is 0 Å². The lowest BCUT2D eigenvalue weighted by molar-refractivity contribution is -0.142. The molecular formula is C21H22FNO4. The number of nitrogens with zero attached hydrogens (tertiary/aromatic N) is 1. The van der Waals surface area contributed by atoms with Crippen LogP contribution < -0.4 is 4.74 Å². The van der Waals surface area contributed by atoms with Crippen molar-refractivity contribution in [3.8, 4) is 5.75 Å². The van der Waals surface area contributed by atoms with Crippen LogP contribution in [0.5, 0.6) is 5.75 Å². The Balaban J connectivity index is 1.83. The van der Waals surface area contributed by atoms with E-state index in [2.05, 4.69) is 0 Å². The summed E-state index contributed by atoms with van der Waals surface area (Å²) in [4.78, 5) is 27.3. The predicted octanol–water partition coefficient (Wildman–Crippen LogP) is 3.74. The Morgan fingerprint density at radius 3 is 2.37 bits per heavy atom. The quantitative estimate of drug-likeness (QED) is 0.752. The number of piperidine rings is 1. The first-order valence-electron chi connectivity index (χ1n) is 8.98. The van der Waals surface area contributed by atoms with Crippen LogP contribution in [0.4, 0.5) is 4.39 Å². The molecule has 27 heavy (non-hydrogen) atoms. The summed E-state index contributed by atoms with van der Waals surface area (Å²) in [7, 11) is 1.35. The molecule has 1 atom stereocenters. The molecule has 1 heterocycles. The molecule has 0 saturated carbocycles. The van der Waals surface area contributed by atoms with Crippen molar-refractivity contribution in [2.24, 2.45) is 0 Å². The summed E-state index contributed by atoms with van der Waals surface area (Å²) in [5.74, 6) is -1.62. The maximum absolute atomic E-state index is 13.9. The number of esters is 1. The number of amides is 1. The Morgan fingerprint density at radius 2 is 1.74 bits per heavy atom. The largest absolute Gasteiger partial charge is 0.494 e. The topological polar surface area (TPSA) is 55.8 Å². The molecule has 1 aliphatic rings. The SMILES string of the molecule is COc1ccc(C(=O)O[C@@H](C(=O)N2CCCCC2)c2ccccc2)cc1F. The second-order valence-corrected chi connectivity index (χ2v) is 6.43. The summed E-state index contributed by atoms with van der Waals surface area (Å²) in [5.41, 5.74) is 0.621. The van der Waals surface area contributed by atoms with Crippen molar-refractivity contribution in [1.82, 2.24) is 4.90 Å². The van der Waals surface area contributed by atoms with Gasteiger partial charge in [0.1, 0.15) is 0 Å². The molecule has 0 N–H and O–H groups in total. The molecule has 2 aromatic rings. The molecule has 2 aromatic carbocycles. The van der Waals surface area contributed by atoms with E-state index in [-0.39, 0.29) is 17.2 Å². The number of rotatable bonds is 5. The molecule has 1 amide bonds. The maximum Gasteiger partial charge on any atom is 0.339 e. The van der Waals surface area contributed by atoms with Crippen LogP contribution in [-0.2, 0) is 9.53 Å². The van der Waals surface area contributed by atoms with Gasteiger partial charge in [0.25, 0.3) is 5.91 Å². The summed E-state index contributed by atoms with van der Waals surface area (Å²) < 4.78 is 24.3. The van der Waals surface area contributed by atoms with Crippen LogP contribution in [0.25, 0.3) is 0 Å². The normalized spacial score (nSPS) is 15.1. The van der Waals surface area contributed by atoms with E-state index in [4.69, 9.17) is 9.47 Å². The maximum atomic E-state index is 13.9. The number of carbonyl (C=O) groups is 2. The number of carbonyl (C=O) groups excluding carboxylic acids is 2. The third-order valence-corrected chi connectivity index (χ3v) is 4.61. The van der Waals surface area contributed by atoms with Crippen LogP contribution in [0.1, 0.15) is 41.3 Å². The molecule has 142 valence electrons. The molecule has 0 spiro atoms. The van der Waals surface area contributed by atoms with Crippen molar-refractivity contribution in [3.63, 3.8) is 0 Å². The molecule has 1 aliphatic heterocycles. The van der Waals surface area contributed by atoms with Gasteiger partial charge in [-0.25, -0.2) is 9.18 Å². The van der Waals surface area contributed by atoms with Crippen molar-refractivity contribution in [2.75, 3.05) is 20.2 Å². The minimum absolute atomic E-state index is 0.0284. The van der Waals surface area contributed by atoms with Gasteiger partial charge >= 0.3 is 5.97 Å². The van der Waals surface area contributed by atoms with Crippen LogP contribution in [0, 0.1) is 5.82 Å². The molecule has 0 aromatic heterocycles. The van der Waals surface area contributed by atoms with Gasteiger partial charge in [0, 0.05) is 18.7 Å². The van der Waals surface area contributed by atoms with Gasteiger partial charge in [0.05, 0.1) is 12.7 Å². The number of hydrogen-bond donors (Lipinski definition) is 0. The standard InChI is InChI=1S/C21H22FNO4/c1-26-18-11-10-16(14-17(18)22)21(25)27-19(15-8-4-2-5-9-15)20(24)23-12-6-3-7-13-23/h2,4-5,8-11,14,19H,3,6-7,12-13H2,1H3/t19-/m1/s1. The average molecular weight is 371 g/mol. The number of benzene rings is 2. The zero-order chi connectivity index (χ0) is 19.2. The highest BCUT2D eigenvalue weighted by molar-refractivity contribution is 5.93. The van der Waals surface area contributed by atoms with Gasteiger partial charge in [-0.1, -0.05) is 30.3 Å². The smallest absolute Gasteiger partial charge is 0.339 e. The molecular weight excluding hydrogens is 349 g/mol. The summed E-state index contributed by atoms with van der Waals surface area (Å²) in [6, 6.07) is 12.7. The van der Waals surface area contributed by atoms with Gasteiger partial charge in [-0.05, 0) is 37.5 Å². The highest BCUT2D eigenvalue weighted by Gasteiger charge is 2.30. The molecule has 0 unspecified atom stereocenters. The zero-order valence-corrected chi connectivity index (χ0v) is 15.2. The van der Waals surface area contributed by atoms with Crippen LogP contribution in [0.15, 0.2) is 48.5 Å². The third-order valence-electron chi connectivity index (χ3n) is 4.61. The Kier molecular flexibility index (Phi) is 6.06. The number of hydrogen-bond acceptors (Lipinski definition) is 4. The minimum Gasteiger partial charge on any atom is -0.494 e. The lowest BCUT2D eigenvalue weighted by Crippen LogP contribution is -2.40. The minimum atomic E-state index is -1.05. The van der Waals surface area contributed by atoms with Crippen LogP contribution in [-0.4, -0.2) is 37.0 Å². The van der Waals surface area contributed by atoms with Crippen LogP contribution >= 0.6 is 0 Å². The molecule has 1 saturated heterocycles. The first kappa shape index (κ1) is 18.9. The number of halogens is 1. The molecule has 0 bridgehead atoms. The van der Waals surface area contributed by atoms with Crippen molar-refractivity contribution < 1.29 is 23.5 Å². The Labute approximate surface area is 157 Å².